The third-order valence-corrected chi connectivity index (χ3v) is 5.72. The highest BCUT2D eigenvalue weighted by atomic mass is 35.5. The topological polar surface area (TPSA) is 81.7 Å². The molecule has 0 bridgehead atoms. The van der Waals surface area contributed by atoms with Gasteiger partial charge in [0.2, 0.25) is 0 Å². The Morgan fingerprint density at radius 2 is 2.03 bits per heavy atom. The largest absolute Gasteiger partial charge is 0.332 e. The highest BCUT2D eigenvalue weighted by molar-refractivity contribution is 6.32. The molecular weight excluding hydrogens is 445 g/mol. The molecule has 0 spiro atoms. The monoisotopic (exact) mass is 467 g/mol. The molecule has 1 aliphatic heterocycles. The fraction of sp³-hybridized carbons (Fsp3) is 0.250. The molecule has 0 N–H and O–H groups in total. The number of aldehydes is 1. The molecule has 0 unspecified atom stereocenters. The van der Waals surface area contributed by atoms with Gasteiger partial charge >= 0.3 is 0 Å². The van der Waals surface area contributed by atoms with E-state index in [1.54, 1.807) is 38.1 Å². The number of hydrogen-bond acceptors (Lipinski definition) is 5. The number of pyridine rings is 1. The number of benzene rings is 1. The number of rotatable bonds is 5. The van der Waals surface area contributed by atoms with Crippen LogP contribution in [0.1, 0.15) is 32.8 Å². The van der Waals surface area contributed by atoms with E-state index in [4.69, 9.17) is 16.9 Å². The predicted molar refractivity (Wildman–Crippen MR) is 125 cm³/mol. The van der Waals surface area contributed by atoms with Gasteiger partial charge in [0.15, 0.2) is 11.3 Å². The van der Waals surface area contributed by atoms with E-state index in [1.165, 1.54) is 33.7 Å². The Morgan fingerprint density at radius 1 is 1.33 bits per heavy atom. The van der Waals surface area contributed by atoms with Crippen LogP contribution in [0.15, 0.2) is 59.6 Å². The van der Waals surface area contributed by atoms with Crippen LogP contribution in [-0.2, 0) is 16.6 Å². The normalized spacial score (nSPS) is 16.4. The molecule has 3 rings (SSSR count). The van der Waals surface area contributed by atoms with E-state index < -0.39 is 11.4 Å². The summed E-state index contributed by atoms with van der Waals surface area (Å²) in [5.41, 5.74) is 0.555. The lowest BCUT2D eigenvalue weighted by Gasteiger charge is -2.30. The lowest BCUT2D eigenvalue weighted by atomic mass is 10.0. The first-order chi connectivity index (χ1) is 15.6. The lowest BCUT2D eigenvalue weighted by molar-refractivity contribution is -0.120. The molecule has 1 aromatic heterocycles. The highest BCUT2D eigenvalue weighted by Gasteiger charge is 2.49. The standard InChI is InChI=1S/C24H23ClFN5O2/c1-6-17(9-10-32)28-22-21(26)12-19(14-29(22)5)31-15(2)30(23(33)24(31,3)4)18-8-7-16(13-27)20(25)11-18/h7-12,14H,2,6H2,1,3-5H3/b17-9-,28-22-. The molecule has 170 valence electrons. The number of hydrogen-bond donors (Lipinski definition) is 0. The average molecular weight is 468 g/mol. The van der Waals surface area contributed by atoms with E-state index in [1.807, 2.05) is 13.0 Å². The summed E-state index contributed by atoms with van der Waals surface area (Å²) in [7, 11) is 1.63. The molecule has 0 aliphatic carbocycles. The second-order valence-corrected chi connectivity index (χ2v) is 8.37. The molecule has 0 radical (unpaired) electrons. The van der Waals surface area contributed by atoms with Crippen molar-refractivity contribution in [1.82, 2.24) is 4.57 Å². The molecule has 2 aromatic rings. The van der Waals surface area contributed by atoms with Crippen LogP contribution in [0.2, 0.25) is 5.02 Å². The van der Waals surface area contributed by atoms with Crippen LogP contribution in [0.3, 0.4) is 0 Å². The van der Waals surface area contributed by atoms with Crippen LogP contribution < -0.4 is 15.3 Å². The summed E-state index contributed by atoms with van der Waals surface area (Å²) >= 11 is 6.17. The quantitative estimate of drug-likeness (QED) is 0.487. The number of nitriles is 1. The van der Waals surface area contributed by atoms with Crippen molar-refractivity contribution in [2.45, 2.75) is 32.7 Å². The molecular formula is C24H23ClFN5O2. The molecule has 1 aliphatic rings. The minimum atomic E-state index is -1.08. The molecule has 1 aromatic carbocycles. The fourth-order valence-electron chi connectivity index (χ4n) is 3.74. The molecule has 0 atom stereocenters. The van der Waals surface area contributed by atoms with Crippen molar-refractivity contribution < 1.29 is 14.0 Å². The van der Waals surface area contributed by atoms with E-state index in [2.05, 4.69) is 11.6 Å². The van der Waals surface area contributed by atoms with Gasteiger partial charge in [0, 0.05) is 25.0 Å². The van der Waals surface area contributed by atoms with Gasteiger partial charge in [-0.2, -0.15) is 5.26 Å². The number of carbonyl (C=O) groups is 2. The zero-order valence-corrected chi connectivity index (χ0v) is 19.5. The van der Waals surface area contributed by atoms with Gasteiger partial charge in [-0.25, -0.2) is 9.38 Å². The summed E-state index contributed by atoms with van der Waals surface area (Å²) in [6.45, 7) is 9.32. The first kappa shape index (κ1) is 24.0. The van der Waals surface area contributed by atoms with E-state index in [0.717, 1.165) is 0 Å². The molecule has 1 saturated heterocycles. The Balaban J connectivity index is 2.11. The van der Waals surface area contributed by atoms with Crippen LogP contribution in [0.25, 0.3) is 0 Å². The van der Waals surface area contributed by atoms with Crippen molar-refractivity contribution in [1.29, 1.82) is 5.26 Å². The number of nitrogens with zero attached hydrogens (tertiary/aromatic N) is 5. The summed E-state index contributed by atoms with van der Waals surface area (Å²) in [6, 6.07) is 7.93. The van der Waals surface area contributed by atoms with Crippen molar-refractivity contribution in [2.75, 3.05) is 9.80 Å². The Kier molecular flexibility index (Phi) is 6.56. The highest BCUT2D eigenvalue weighted by Crippen LogP contribution is 2.40. The number of amides is 1. The van der Waals surface area contributed by atoms with Crippen molar-refractivity contribution in [3.8, 4) is 6.07 Å². The van der Waals surface area contributed by atoms with Crippen LogP contribution >= 0.6 is 11.6 Å². The van der Waals surface area contributed by atoms with E-state index in [0.29, 0.717) is 35.6 Å². The molecule has 1 amide bonds. The number of aryl methyl sites for hydroxylation is 1. The first-order valence-corrected chi connectivity index (χ1v) is 10.5. The van der Waals surface area contributed by atoms with Crippen LogP contribution in [0, 0.1) is 17.1 Å². The average Bonchev–Trinajstić information content (AvgIpc) is 2.93. The number of carbonyl (C=O) groups excluding carboxylic acids is 2. The van der Waals surface area contributed by atoms with E-state index >= 15 is 4.39 Å². The summed E-state index contributed by atoms with van der Waals surface area (Å²) in [5.74, 6) is -0.589. The Labute approximate surface area is 196 Å². The number of anilines is 2. The van der Waals surface area contributed by atoms with Gasteiger partial charge in [0.05, 0.1) is 22.0 Å². The molecule has 1 fully saturated rings. The SMILES string of the molecule is C=C1N(c2ccc(C#N)c(Cl)c2)C(=O)C(C)(C)N1c1cc(F)/c(=N/C(=C\C=O)CC)n(C)c1. The second kappa shape index (κ2) is 9.04. The van der Waals surface area contributed by atoms with Gasteiger partial charge in [-0.1, -0.05) is 25.1 Å². The summed E-state index contributed by atoms with van der Waals surface area (Å²) in [6.07, 6.45) is 4.01. The number of aromatic nitrogens is 1. The maximum absolute atomic E-state index is 15.1. The van der Waals surface area contributed by atoms with Gasteiger partial charge < -0.3 is 9.47 Å². The fourth-order valence-corrected chi connectivity index (χ4v) is 3.96. The number of halogens is 2. The van der Waals surface area contributed by atoms with E-state index in [9.17, 15) is 9.59 Å². The van der Waals surface area contributed by atoms with E-state index in [-0.39, 0.29) is 22.0 Å². The van der Waals surface area contributed by atoms with Crippen molar-refractivity contribution in [3.05, 3.63) is 76.5 Å². The Hall–Kier alpha value is -3.70. The Bertz CT molecular complexity index is 1280. The molecule has 9 heteroatoms. The zero-order chi connectivity index (χ0) is 24.5. The molecule has 0 saturated carbocycles. The molecule has 2 heterocycles. The predicted octanol–water partition coefficient (Wildman–Crippen LogP) is 4.19. The Morgan fingerprint density at radius 3 is 2.58 bits per heavy atom. The van der Waals surface area contributed by atoms with Crippen LogP contribution in [0.4, 0.5) is 15.8 Å². The second-order valence-electron chi connectivity index (χ2n) is 7.97. The minimum absolute atomic E-state index is 0.0540. The van der Waals surface area contributed by atoms with Crippen LogP contribution in [0.5, 0.6) is 0 Å². The third kappa shape index (κ3) is 4.20. The van der Waals surface area contributed by atoms with Crippen molar-refractivity contribution in [3.63, 3.8) is 0 Å². The van der Waals surface area contributed by atoms with Gasteiger partial charge in [-0.15, -0.1) is 0 Å². The van der Waals surface area contributed by atoms with Gasteiger partial charge in [-0.3, -0.25) is 14.5 Å². The first-order valence-electron chi connectivity index (χ1n) is 10.1. The van der Waals surface area contributed by atoms with Crippen molar-refractivity contribution >= 4 is 35.2 Å². The maximum Gasteiger partial charge on any atom is 0.258 e. The minimum Gasteiger partial charge on any atom is -0.332 e. The third-order valence-electron chi connectivity index (χ3n) is 5.41. The molecule has 7 nitrogen and oxygen atoms in total. The van der Waals surface area contributed by atoms with Gasteiger partial charge in [-0.05, 0) is 44.5 Å². The molecule has 33 heavy (non-hydrogen) atoms. The summed E-state index contributed by atoms with van der Waals surface area (Å²) in [4.78, 5) is 31.4. The van der Waals surface area contributed by atoms with Gasteiger partial charge in [0.25, 0.3) is 5.91 Å². The van der Waals surface area contributed by atoms with Crippen molar-refractivity contribution in [2.24, 2.45) is 12.0 Å². The number of allylic oxidation sites excluding steroid dienone is 2. The van der Waals surface area contributed by atoms with Crippen LogP contribution in [-0.4, -0.2) is 22.3 Å². The zero-order valence-electron chi connectivity index (χ0n) is 18.8. The lowest BCUT2D eigenvalue weighted by Crippen LogP contribution is -2.43. The smallest absolute Gasteiger partial charge is 0.258 e. The van der Waals surface area contributed by atoms with Gasteiger partial charge in [0.1, 0.15) is 23.7 Å². The maximum atomic E-state index is 15.1. The summed E-state index contributed by atoms with van der Waals surface area (Å²) in [5, 5.41) is 9.33. The summed E-state index contributed by atoms with van der Waals surface area (Å²) < 4.78 is 16.6.